The molecule has 1 heterocycles. The molecule has 88 valence electrons. The Labute approximate surface area is 107 Å². The van der Waals surface area contributed by atoms with E-state index < -0.39 is 4.92 Å². The van der Waals surface area contributed by atoms with Crippen LogP contribution in [0.1, 0.15) is 0 Å². The number of hydrogen-bond donors (Lipinski definition) is 0. The van der Waals surface area contributed by atoms with Crippen LogP contribution in [0.4, 0.5) is 5.69 Å². The molecule has 3 rings (SSSR count). The van der Waals surface area contributed by atoms with Crippen LogP contribution in [0.25, 0.3) is 21.7 Å². The summed E-state index contributed by atoms with van der Waals surface area (Å²) >= 11 is 6.06. The third-order valence-electron chi connectivity index (χ3n) is 2.85. The Hall–Kier alpha value is -2.20. The summed E-state index contributed by atoms with van der Waals surface area (Å²) in [6.45, 7) is 0. The molecule has 0 fully saturated rings. The van der Waals surface area contributed by atoms with Gasteiger partial charge in [0.15, 0.2) is 0 Å². The summed E-state index contributed by atoms with van der Waals surface area (Å²) in [6.07, 6.45) is 1.19. The molecule has 0 bridgehead atoms. The molecule has 4 nitrogen and oxygen atoms in total. The minimum atomic E-state index is -0.524. The Balaban J connectivity index is 2.44. The molecule has 1 aromatic heterocycles. The van der Waals surface area contributed by atoms with Crippen molar-refractivity contribution in [2.45, 2.75) is 0 Å². The van der Waals surface area contributed by atoms with E-state index in [4.69, 9.17) is 11.6 Å². The molecule has 0 unspecified atom stereocenters. The minimum absolute atomic E-state index is 0.135. The van der Waals surface area contributed by atoms with Crippen molar-refractivity contribution in [2.75, 3.05) is 0 Å². The van der Waals surface area contributed by atoms with Crippen LogP contribution in [-0.4, -0.2) is 9.91 Å². The maximum atomic E-state index is 10.8. The lowest BCUT2D eigenvalue weighted by Crippen LogP contribution is -1.92. The smallest absolute Gasteiger partial charge is 0.258 e. The number of pyridine rings is 1. The second-order valence-corrected chi connectivity index (χ2v) is 4.31. The van der Waals surface area contributed by atoms with Crippen LogP contribution in [0.15, 0.2) is 42.6 Å². The Bertz CT molecular complexity index is 786. The highest BCUT2D eigenvalue weighted by molar-refractivity contribution is 6.37. The van der Waals surface area contributed by atoms with E-state index in [0.717, 1.165) is 10.8 Å². The number of halogens is 1. The first kappa shape index (κ1) is 10.9. The minimum Gasteiger partial charge on any atom is -0.258 e. The lowest BCUT2D eigenvalue weighted by molar-refractivity contribution is -0.384. The number of benzene rings is 2. The van der Waals surface area contributed by atoms with Crippen molar-refractivity contribution in [3.05, 3.63) is 57.7 Å². The molecular formula is C13H7ClN2O2. The molecule has 0 aliphatic rings. The number of aromatic nitrogens is 1. The Morgan fingerprint density at radius 2 is 1.83 bits per heavy atom. The molecule has 0 spiro atoms. The highest BCUT2D eigenvalue weighted by atomic mass is 35.5. The average Bonchev–Trinajstić information content (AvgIpc) is 2.37. The standard InChI is InChI=1S/C13H7ClN2O2/c14-13-10-5-8-3-1-2-4-9(8)6-11(10)15-7-12(13)16(17)18/h1-7H. The number of nitrogens with zero attached hydrogens (tertiary/aromatic N) is 2. The molecule has 5 heteroatoms. The Morgan fingerprint density at radius 3 is 2.50 bits per heavy atom. The summed E-state index contributed by atoms with van der Waals surface area (Å²) in [5.41, 5.74) is 0.490. The Morgan fingerprint density at radius 1 is 1.17 bits per heavy atom. The van der Waals surface area contributed by atoms with Gasteiger partial charge in [0.05, 0.1) is 10.4 Å². The number of fused-ring (bicyclic) bond motifs is 2. The van der Waals surface area contributed by atoms with E-state index in [-0.39, 0.29) is 10.7 Å². The zero-order valence-corrected chi connectivity index (χ0v) is 9.89. The van der Waals surface area contributed by atoms with Crippen molar-refractivity contribution in [1.29, 1.82) is 0 Å². The fraction of sp³-hybridized carbons (Fsp3) is 0. The van der Waals surface area contributed by atoms with Gasteiger partial charge in [-0.25, -0.2) is 4.98 Å². The van der Waals surface area contributed by atoms with Crippen LogP contribution >= 0.6 is 11.6 Å². The maximum absolute atomic E-state index is 10.8. The highest BCUT2D eigenvalue weighted by Crippen LogP contribution is 2.33. The van der Waals surface area contributed by atoms with Gasteiger partial charge in [0.25, 0.3) is 0 Å². The third-order valence-corrected chi connectivity index (χ3v) is 3.25. The van der Waals surface area contributed by atoms with Crippen LogP contribution in [0, 0.1) is 10.1 Å². The molecule has 0 saturated heterocycles. The number of nitro groups is 1. The van der Waals surface area contributed by atoms with Gasteiger partial charge in [0, 0.05) is 5.39 Å². The van der Waals surface area contributed by atoms with Crippen molar-refractivity contribution in [2.24, 2.45) is 0 Å². The summed E-state index contributed by atoms with van der Waals surface area (Å²) in [4.78, 5) is 14.4. The first-order valence-electron chi connectivity index (χ1n) is 5.28. The van der Waals surface area contributed by atoms with Crippen molar-refractivity contribution in [3.8, 4) is 0 Å². The van der Waals surface area contributed by atoms with Gasteiger partial charge in [0.2, 0.25) is 0 Å². The van der Waals surface area contributed by atoms with Crippen LogP contribution in [-0.2, 0) is 0 Å². The molecular weight excluding hydrogens is 252 g/mol. The van der Waals surface area contributed by atoms with E-state index in [1.165, 1.54) is 6.20 Å². The number of rotatable bonds is 1. The van der Waals surface area contributed by atoms with Crippen molar-refractivity contribution in [3.63, 3.8) is 0 Å². The van der Waals surface area contributed by atoms with Gasteiger partial charge in [-0.05, 0) is 22.9 Å². The van der Waals surface area contributed by atoms with Crippen LogP contribution in [0.5, 0.6) is 0 Å². The van der Waals surface area contributed by atoms with Crippen LogP contribution < -0.4 is 0 Å². The summed E-state index contributed by atoms with van der Waals surface area (Å²) in [5.74, 6) is 0. The zero-order valence-electron chi connectivity index (χ0n) is 9.13. The second kappa shape index (κ2) is 3.92. The van der Waals surface area contributed by atoms with Crippen molar-refractivity contribution >= 4 is 39.0 Å². The summed E-state index contributed by atoms with van der Waals surface area (Å²) in [7, 11) is 0. The molecule has 0 amide bonds. The lowest BCUT2D eigenvalue weighted by Gasteiger charge is -2.03. The van der Waals surface area contributed by atoms with Gasteiger partial charge in [-0.1, -0.05) is 35.9 Å². The predicted molar refractivity (Wildman–Crippen MR) is 70.9 cm³/mol. The quantitative estimate of drug-likeness (QED) is 0.377. The van der Waals surface area contributed by atoms with Crippen LogP contribution in [0.2, 0.25) is 5.02 Å². The van der Waals surface area contributed by atoms with Crippen molar-refractivity contribution < 1.29 is 4.92 Å². The SMILES string of the molecule is O=[N+]([O-])c1cnc2cc3ccccc3cc2c1Cl. The largest absolute Gasteiger partial charge is 0.306 e. The van der Waals surface area contributed by atoms with Gasteiger partial charge >= 0.3 is 5.69 Å². The van der Waals surface area contributed by atoms with Crippen molar-refractivity contribution in [1.82, 2.24) is 4.98 Å². The molecule has 2 aromatic carbocycles. The lowest BCUT2D eigenvalue weighted by atomic mass is 10.1. The van der Waals surface area contributed by atoms with Crippen LogP contribution in [0.3, 0.4) is 0 Å². The van der Waals surface area contributed by atoms with Gasteiger partial charge in [-0.15, -0.1) is 0 Å². The van der Waals surface area contributed by atoms with E-state index in [9.17, 15) is 10.1 Å². The van der Waals surface area contributed by atoms with E-state index in [2.05, 4.69) is 4.98 Å². The fourth-order valence-corrected chi connectivity index (χ4v) is 2.23. The van der Waals surface area contributed by atoms with E-state index in [1.807, 2.05) is 36.4 Å². The third kappa shape index (κ3) is 1.58. The summed E-state index contributed by atoms with van der Waals surface area (Å²) in [5, 5.41) is 13.6. The first-order valence-corrected chi connectivity index (χ1v) is 5.66. The molecule has 0 saturated carbocycles. The number of hydrogen-bond acceptors (Lipinski definition) is 3. The normalized spacial score (nSPS) is 10.9. The fourth-order valence-electron chi connectivity index (χ4n) is 1.96. The van der Waals surface area contributed by atoms with E-state index in [0.29, 0.717) is 10.9 Å². The molecule has 0 N–H and O–H groups in total. The van der Waals surface area contributed by atoms with Gasteiger partial charge in [-0.3, -0.25) is 10.1 Å². The average molecular weight is 259 g/mol. The first-order chi connectivity index (χ1) is 8.66. The van der Waals surface area contributed by atoms with E-state index in [1.54, 1.807) is 0 Å². The molecule has 0 radical (unpaired) electrons. The predicted octanol–water partition coefficient (Wildman–Crippen LogP) is 3.95. The highest BCUT2D eigenvalue weighted by Gasteiger charge is 2.16. The zero-order chi connectivity index (χ0) is 12.7. The molecule has 0 atom stereocenters. The maximum Gasteiger partial charge on any atom is 0.306 e. The molecule has 0 aliphatic heterocycles. The van der Waals surface area contributed by atoms with Gasteiger partial charge < -0.3 is 0 Å². The summed E-state index contributed by atoms with van der Waals surface area (Å²) in [6, 6.07) is 11.4. The van der Waals surface area contributed by atoms with Gasteiger partial charge in [0.1, 0.15) is 11.2 Å². The Kier molecular flexibility index (Phi) is 2.38. The van der Waals surface area contributed by atoms with Gasteiger partial charge in [-0.2, -0.15) is 0 Å². The van der Waals surface area contributed by atoms with E-state index >= 15 is 0 Å². The molecule has 3 aromatic rings. The molecule has 18 heavy (non-hydrogen) atoms. The molecule has 0 aliphatic carbocycles. The summed E-state index contributed by atoms with van der Waals surface area (Å²) < 4.78 is 0. The monoisotopic (exact) mass is 258 g/mol. The second-order valence-electron chi connectivity index (χ2n) is 3.93. The topological polar surface area (TPSA) is 56.0 Å².